The first-order chi connectivity index (χ1) is 11.4. The van der Waals surface area contributed by atoms with Crippen LogP contribution in [0.4, 0.5) is 5.69 Å². The summed E-state index contributed by atoms with van der Waals surface area (Å²) in [5.74, 6) is -0.219. The van der Waals surface area contributed by atoms with Crippen LogP contribution in [0, 0.1) is 0 Å². The summed E-state index contributed by atoms with van der Waals surface area (Å²) in [7, 11) is 1.77. The maximum Gasteiger partial charge on any atom is 0.241 e. The van der Waals surface area contributed by atoms with E-state index >= 15 is 0 Å². The second-order valence-corrected chi connectivity index (χ2v) is 6.36. The molecule has 128 valence electrons. The predicted octanol–water partition coefficient (Wildman–Crippen LogP) is 2.62. The van der Waals surface area contributed by atoms with Crippen LogP contribution in [0.2, 0.25) is 0 Å². The number of anilines is 1. The van der Waals surface area contributed by atoms with E-state index in [0.717, 1.165) is 16.5 Å². The number of benzene rings is 2. The molecule has 0 aliphatic heterocycles. The summed E-state index contributed by atoms with van der Waals surface area (Å²) >= 11 is 0. The molecule has 0 fully saturated rings. The molecule has 0 saturated carbocycles. The molecule has 1 atom stereocenters. The summed E-state index contributed by atoms with van der Waals surface area (Å²) in [6, 6.07) is 13.5. The zero-order chi connectivity index (χ0) is 17.7. The minimum Gasteiger partial charge on any atom is -0.353 e. The Morgan fingerprint density at radius 3 is 2.38 bits per heavy atom. The fraction of sp³-hybridized carbons (Fsp3) is 0.368. The van der Waals surface area contributed by atoms with E-state index in [4.69, 9.17) is 0 Å². The molecule has 2 aromatic carbocycles. The van der Waals surface area contributed by atoms with Crippen molar-refractivity contribution in [1.82, 2.24) is 10.2 Å². The SMILES string of the molecule is CC(C)NC(=O)CN(C)[C@H](C)C(=O)Nc1ccc2ccccc2c1. The molecule has 2 N–H and O–H groups in total. The second kappa shape index (κ2) is 7.93. The maximum atomic E-state index is 12.4. The molecule has 0 aliphatic rings. The normalized spacial score (nSPS) is 12.4. The number of hydrogen-bond donors (Lipinski definition) is 2. The zero-order valence-electron chi connectivity index (χ0n) is 14.7. The van der Waals surface area contributed by atoms with Crippen LogP contribution in [-0.2, 0) is 9.59 Å². The zero-order valence-corrected chi connectivity index (χ0v) is 14.7. The molecule has 0 aromatic heterocycles. The van der Waals surface area contributed by atoms with Gasteiger partial charge < -0.3 is 10.6 Å². The number of hydrogen-bond acceptors (Lipinski definition) is 3. The lowest BCUT2D eigenvalue weighted by Gasteiger charge is -2.23. The van der Waals surface area contributed by atoms with Crippen molar-refractivity contribution in [1.29, 1.82) is 0 Å². The van der Waals surface area contributed by atoms with E-state index in [1.807, 2.05) is 56.3 Å². The highest BCUT2D eigenvalue weighted by molar-refractivity contribution is 5.97. The highest BCUT2D eigenvalue weighted by atomic mass is 16.2. The fourth-order valence-electron chi connectivity index (χ4n) is 2.45. The van der Waals surface area contributed by atoms with Crippen molar-refractivity contribution < 1.29 is 9.59 Å². The van der Waals surface area contributed by atoms with Crippen molar-refractivity contribution in [2.75, 3.05) is 18.9 Å². The largest absolute Gasteiger partial charge is 0.353 e. The molecule has 0 aliphatic carbocycles. The highest BCUT2D eigenvalue weighted by Gasteiger charge is 2.20. The van der Waals surface area contributed by atoms with Crippen LogP contribution in [0.1, 0.15) is 20.8 Å². The molecule has 24 heavy (non-hydrogen) atoms. The molecule has 0 radical (unpaired) electrons. The van der Waals surface area contributed by atoms with Crippen molar-refractivity contribution in [2.24, 2.45) is 0 Å². The van der Waals surface area contributed by atoms with Crippen LogP contribution >= 0.6 is 0 Å². The summed E-state index contributed by atoms with van der Waals surface area (Å²) in [6.45, 7) is 5.80. The second-order valence-electron chi connectivity index (χ2n) is 6.36. The Labute approximate surface area is 143 Å². The van der Waals surface area contributed by atoms with E-state index in [2.05, 4.69) is 10.6 Å². The fourth-order valence-corrected chi connectivity index (χ4v) is 2.45. The number of carbonyl (C=O) groups excluding carboxylic acids is 2. The van der Waals surface area contributed by atoms with Crippen molar-refractivity contribution in [2.45, 2.75) is 32.9 Å². The van der Waals surface area contributed by atoms with E-state index in [1.54, 1.807) is 18.9 Å². The van der Waals surface area contributed by atoms with Gasteiger partial charge in [-0.2, -0.15) is 0 Å². The Bertz CT molecular complexity index is 727. The Morgan fingerprint density at radius 2 is 1.71 bits per heavy atom. The average molecular weight is 327 g/mol. The van der Waals surface area contributed by atoms with Gasteiger partial charge in [-0.3, -0.25) is 14.5 Å². The minimum atomic E-state index is -0.408. The van der Waals surface area contributed by atoms with Gasteiger partial charge in [-0.25, -0.2) is 0 Å². The van der Waals surface area contributed by atoms with Crippen LogP contribution in [0.25, 0.3) is 10.8 Å². The molecular formula is C19H25N3O2. The summed E-state index contributed by atoms with van der Waals surface area (Å²) in [4.78, 5) is 26.0. The van der Waals surface area contributed by atoms with Crippen LogP contribution in [0.5, 0.6) is 0 Å². The third kappa shape index (κ3) is 4.80. The Hall–Kier alpha value is -2.40. The van der Waals surface area contributed by atoms with Gasteiger partial charge in [-0.05, 0) is 50.7 Å². The first kappa shape index (κ1) is 17.9. The van der Waals surface area contributed by atoms with Gasteiger partial charge in [0.05, 0.1) is 12.6 Å². The Morgan fingerprint density at radius 1 is 1.04 bits per heavy atom. The van der Waals surface area contributed by atoms with Crippen molar-refractivity contribution in [3.8, 4) is 0 Å². The topological polar surface area (TPSA) is 61.4 Å². The summed E-state index contributed by atoms with van der Waals surface area (Å²) in [5.41, 5.74) is 0.755. The Balaban J connectivity index is 1.98. The van der Waals surface area contributed by atoms with E-state index in [1.165, 1.54) is 0 Å². The molecule has 2 rings (SSSR count). The van der Waals surface area contributed by atoms with Crippen molar-refractivity contribution in [3.05, 3.63) is 42.5 Å². The van der Waals surface area contributed by atoms with Crippen molar-refractivity contribution >= 4 is 28.3 Å². The molecular weight excluding hydrogens is 302 g/mol. The third-order valence-electron chi connectivity index (χ3n) is 3.90. The van der Waals surface area contributed by atoms with Gasteiger partial charge in [0.1, 0.15) is 0 Å². The lowest BCUT2D eigenvalue weighted by atomic mass is 10.1. The van der Waals surface area contributed by atoms with Crippen LogP contribution in [0.3, 0.4) is 0 Å². The molecule has 0 heterocycles. The van der Waals surface area contributed by atoms with E-state index in [9.17, 15) is 9.59 Å². The summed E-state index contributed by atoms with van der Waals surface area (Å²) in [5, 5.41) is 7.95. The third-order valence-corrected chi connectivity index (χ3v) is 3.90. The van der Waals surface area contributed by atoms with Gasteiger partial charge in [0.15, 0.2) is 0 Å². The van der Waals surface area contributed by atoms with Gasteiger partial charge in [0.25, 0.3) is 0 Å². The van der Waals surface area contributed by atoms with E-state index in [-0.39, 0.29) is 24.4 Å². The van der Waals surface area contributed by atoms with Crippen LogP contribution in [0.15, 0.2) is 42.5 Å². The monoisotopic (exact) mass is 327 g/mol. The number of nitrogens with one attached hydrogen (secondary N) is 2. The first-order valence-corrected chi connectivity index (χ1v) is 8.16. The summed E-state index contributed by atoms with van der Waals surface area (Å²) in [6.07, 6.45) is 0. The van der Waals surface area contributed by atoms with Crippen LogP contribution in [-0.4, -0.2) is 42.4 Å². The smallest absolute Gasteiger partial charge is 0.241 e. The first-order valence-electron chi connectivity index (χ1n) is 8.16. The van der Waals surface area contributed by atoms with Gasteiger partial charge >= 0.3 is 0 Å². The number of amides is 2. The maximum absolute atomic E-state index is 12.4. The van der Waals surface area contributed by atoms with Gasteiger partial charge in [0.2, 0.25) is 11.8 Å². The highest BCUT2D eigenvalue weighted by Crippen LogP contribution is 2.19. The molecule has 2 aromatic rings. The molecule has 5 heteroatoms. The van der Waals surface area contributed by atoms with Gasteiger partial charge in [-0.1, -0.05) is 30.3 Å². The Kier molecular flexibility index (Phi) is 5.93. The van der Waals surface area contributed by atoms with Gasteiger partial charge in [0, 0.05) is 11.7 Å². The van der Waals surface area contributed by atoms with E-state index < -0.39 is 6.04 Å². The molecule has 0 bridgehead atoms. The molecule has 0 spiro atoms. The van der Waals surface area contributed by atoms with Gasteiger partial charge in [-0.15, -0.1) is 0 Å². The molecule has 0 unspecified atom stereocenters. The summed E-state index contributed by atoms with van der Waals surface area (Å²) < 4.78 is 0. The average Bonchev–Trinajstić information content (AvgIpc) is 2.53. The molecule has 0 saturated heterocycles. The van der Waals surface area contributed by atoms with Crippen LogP contribution < -0.4 is 10.6 Å². The number of carbonyl (C=O) groups is 2. The predicted molar refractivity (Wildman–Crippen MR) is 97.9 cm³/mol. The quantitative estimate of drug-likeness (QED) is 0.857. The lowest BCUT2D eigenvalue weighted by Crippen LogP contribution is -2.45. The van der Waals surface area contributed by atoms with Crippen molar-refractivity contribution in [3.63, 3.8) is 0 Å². The number of likely N-dealkylation sites (N-methyl/N-ethyl adjacent to an activating group) is 1. The number of nitrogens with zero attached hydrogens (tertiary/aromatic N) is 1. The molecule has 2 amide bonds. The molecule has 5 nitrogen and oxygen atoms in total. The minimum absolute atomic E-state index is 0.0853. The number of fused-ring (bicyclic) bond motifs is 1. The lowest BCUT2D eigenvalue weighted by molar-refractivity contribution is -0.125. The standard InChI is InChI=1S/C19H25N3O2/c1-13(2)20-18(23)12-22(4)14(3)19(24)21-17-10-9-15-7-5-6-8-16(15)11-17/h5-11,13-14H,12H2,1-4H3,(H,20,23)(H,21,24)/t14-/m1/s1. The number of rotatable bonds is 6. The van der Waals surface area contributed by atoms with E-state index in [0.29, 0.717) is 0 Å².